The average molecular weight is 525 g/mol. The number of carbonyl (C=O) groups excluding carboxylic acids is 1. The van der Waals surface area contributed by atoms with E-state index in [2.05, 4.69) is 30.0 Å². The zero-order chi connectivity index (χ0) is 25.1. The summed E-state index contributed by atoms with van der Waals surface area (Å²) in [5.74, 6) is -0.395. The second kappa shape index (κ2) is 9.99. The quantitative estimate of drug-likeness (QED) is 0.422. The summed E-state index contributed by atoms with van der Waals surface area (Å²) in [6, 6.07) is 6.81. The zero-order valence-electron chi connectivity index (χ0n) is 18.4. The SMILES string of the molecule is CCCS(=O)(=O)c1ncc(Cl)c(C(=O)Nc2ccc(S(=O)(=O)Nc3cc(C)nc(C)n3)cc2)n1. The van der Waals surface area contributed by atoms with Crippen molar-refractivity contribution in [3.05, 3.63) is 58.8 Å². The molecule has 2 N–H and O–H groups in total. The molecule has 180 valence electrons. The number of anilines is 2. The molecular formula is C20H21ClN6O5S2. The third-order valence-corrected chi connectivity index (χ3v) is 7.66. The van der Waals surface area contributed by atoms with Crippen LogP contribution in [-0.2, 0) is 19.9 Å². The number of rotatable bonds is 8. The van der Waals surface area contributed by atoms with Crippen LogP contribution in [0.15, 0.2) is 46.6 Å². The maximum absolute atomic E-state index is 12.7. The molecule has 3 rings (SSSR count). The Morgan fingerprint density at radius 3 is 2.32 bits per heavy atom. The summed E-state index contributed by atoms with van der Waals surface area (Å²) in [5.41, 5.74) is 0.529. The Labute approximate surface area is 202 Å². The Morgan fingerprint density at radius 1 is 1.03 bits per heavy atom. The van der Waals surface area contributed by atoms with E-state index < -0.39 is 30.9 Å². The smallest absolute Gasteiger partial charge is 0.275 e. The van der Waals surface area contributed by atoms with Gasteiger partial charge in [0.1, 0.15) is 11.6 Å². The highest BCUT2D eigenvalue weighted by Crippen LogP contribution is 2.20. The van der Waals surface area contributed by atoms with Crippen LogP contribution in [0.1, 0.15) is 35.4 Å². The van der Waals surface area contributed by atoms with Crippen LogP contribution in [0, 0.1) is 13.8 Å². The molecule has 2 heterocycles. The molecule has 2 aromatic heterocycles. The summed E-state index contributed by atoms with van der Waals surface area (Å²) in [5, 5.41) is 1.88. The van der Waals surface area contributed by atoms with Crippen molar-refractivity contribution in [3.8, 4) is 0 Å². The first-order valence-electron chi connectivity index (χ1n) is 9.93. The number of aromatic nitrogens is 4. The van der Waals surface area contributed by atoms with E-state index in [1.807, 2.05) is 0 Å². The summed E-state index contributed by atoms with van der Waals surface area (Å²) in [4.78, 5) is 28.2. The number of sulfone groups is 1. The largest absolute Gasteiger partial charge is 0.321 e. The highest BCUT2D eigenvalue weighted by Gasteiger charge is 2.22. The summed E-state index contributed by atoms with van der Waals surface area (Å²) < 4.78 is 52.1. The number of halogens is 1. The monoisotopic (exact) mass is 524 g/mol. The fourth-order valence-electron chi connectivity index (χ4n) is 2.89. The van der Waals surface area contributed by atoms with Crippen molar-refractivity contribution >= 4 is 48.9 Å². The minimum absolute atomic E-state index is 0.0626. The second-order valence-electron chi connectivity index (χ2n) is 7.19. The molecule has 1 aromatic carbocycles. The fraction of sp³-hybridized carbons (Fsp3) is 0.250. The standard InChI is InChI=1S/C20H21ClN6O5S2/c1-4-9-33(29,30)20-22-11-16(21)18(26-20)19(28)25-14-5-7-15(8-6-14)34(31,32)27-17-10-12(2)23-13(3)24-17/h5-8,10-11H,4,9H2,1-3H3,(H,25,28)(H,23,24,27). The first-order valence-corrected chi connectivity index (χ1v) is 13.4. The van der Waals surface area contributed by atoms with E-state index in [1.165, 1.54) is 30.3 Å². The number of benzene rings is 1. The Hall–Kier alpha value is -3.16. The highest BCUT2D eigenvalue weighted by atomic mass is 35.5. The lowest BCUT2D eigenvalue weighted by atomic mass is 10.3. The van der Waals surface area contributed by atoms with Crippen LogP contribution < -0.4 is 10.0 Å². The van der Waals surface area contributed by atoms with Crippen LogP contribution in [0.5, 0.6) is 0 Å². The van der Waals surface area contributed by atoms with Crippen molar-refractivity contribution in [2.75, 3.05) is 15.8 Å². The number of sulfonamides is 1. The molecular weight excluding hydrogens is 504 g/mol. The lowest BCUT2D eigenvalue weighted by Gasteiger charge is -2.10. The maximum atomic E-state index is 12.7. The molecule has 0 aliphatic heterocycles. The van der Waals surface area contributed by atoms with E-state index in [4.69, 9.17) is 11.6 Å². The van der Waals surface area contributed by atoms with Gasteiger partial charge in [-0.15, -0.1) is 0 Å². The third-order valence-electron chi connectivity index (χ3n) is 4.32. The molecule has 0 unspecified atom stereocenters. The lowest BCUT2D eigenvalue weighted by molar-refractivity contribution is 0.102. The fourth-order valence-corrected chi connectivity index (χ4v) is 5.23. The van der Waals surface area contributed by atoms with Gasteiger partial charge in [-0.05, 0) is 44.5 Å². The number of hydrogen-bond donors (Lipinski definition) is 2. The van der Waals surface area contributed by atoms with Gasteiger partial charge in [-0.2, -0.15) is 0 Å². The van der Waals surface area contributed by atoms with E-state index in [0.29, 0.717) is 17.9 Å². The summed E-state index contributed by atoms with van der Waals surface area (Å²) >= 11 is 5.99. The Balaban J connectivity index is 1.79. The molecule has 0 atom stereocenters. The molecule has 0 fully saturated rings. The van der Waals surface area contributed by atoms with Crippen LogP contribution in [0.3, 0.4) is 0 Å². The minimum Gasteiger partial charge on any atom is -0.321 e. The van der Waals surface area contributed by atoms with Gasteiger partial charge in [-0.1, -0.05) is 18.5 Å². The van der Waals surface area contributed by atoms with Gasteiger partial charge in [-0.25, -0.2) is 36.8 Å². The van der Waals surface area contributed by atoms with E-state index in [0.717, 1.165) is 6.20 Å². The molecule has 3 aromatic rings. The van der Waals surface area contributed by atoms with E-state index in [9.17, 15) is 21.6 Å². The number of aryl methyl sites for hydroxylation is 2. The van der Waals surface area contributed by atoms with Gasteiger partial charge in [0.25, 0.3) is 15.9 Å². The van der Waals surface area contributed by atoms with E-state index in [-0.39, 0.29) is 32.9 Å². The van der Waals surface area contributed by atoms with E-state index in [1.54, 1.807) is 20.8 Å². The van der Waals surface area contributed by atoms with Crippen molar-refractivity contribution in [2.45, 2.75) is 37.2 Å². The number of nitrogens with one attached hydrogen (secondary N) is 2. The first kappa shape index (κ1) is 25.5. The van der Waals surface area contributed by atoms with Crippen LogP contribution >= 0.6 is 11.6 Å². The highest BCUT2D eigenvalue weighted by molar-refractivity contribution is 7.92. The van der Waals surface area contributed by atoms with Crippen molar-refractivity contribution in [1.29, 1.82) is 0 Å². The van der Waals surface area contributed by atoms with Crippen molar-refractivity contribution < 1.29 is 21.6 Å². The van der Waals surface area contributed by atoms with Gasteiger partial charge in [0.15, 0.2) is 5.69 Å². The molecule has 0 aliphatic rings. The predicted octanol–water partition coefficient (Wildman–Crippen LogP) is 2.77. The molecule has 0 radical (unpaired) electrons. The van der Waals surface area contributed by atoms with Crippen LogP contribution in [-0.4, -0.2) is 48.4 Å². The summed E-state index contributed by atoms with van der Waals surface area (Å²) in [7, 11) is -7.69. The van der Waals surface area contributed by atoms with Gasteiger partial charge >= 0.3 is 0 Å². The van der Waals surface area contributed by atoms with Gasteiger partial charge in [-0.3, -0.25) is 9.52 Å². The molecule has 14 heteroatoms. The van der Waals surface area contributed by atoms with Gasteiger partial charge in [0, 0.05) is 17.4 Å². The number of nitrogens with zero attached hydrogens (tertiary/aromatic N) is 4. The first-order chi connectivity index (χ1) is 15.9. The molecule has 0 saturated carbocycles. The van der Waals surface area contributed by atoms with Gasteiger partial charge in [0.05, 0.1) is 21.9 Å². The Morgan fingerprint density at radius 2 is 1.71 bits per heavy atom. The van der Waals surface area contributed by atoms with Crippen molar-refractivity contribution in [3.63, 3.8) is 0 Å². The molecule has 11 nitrogen and oxygen atoms in total. The molecule has 34 heavy (non-hydrogen) atoms. The van der Waals surface area contributed by atoms with Crippen LogP contribution in [0.4, 0.5) is 11.5 Å². The van der Waals surface area contributed by atoms with Crippen molar-refractivity contribution in [1.82, 2.24) is 19.9 Å². The van der Waals surface area contributed by atoms with E-state index >= 15 is 0 Å². The van der Waals surface area contributed by atoms with Gasteiger partial charge in [0.2, 0.25) is 15.0 Å². The Bertz CT molecular complexity index is 1420. The second-order valence-corrected chi connectivity index (χ2v) is 11.3. The van der Waals surface area contributed by atoms with Crippen LogP contribution in [0.25, 0.3) is 0 Å². The summed E-state index contributed by atoms with van der Waals surface area (Å²) in [6.45, 7) is 5.06. The number of carbonyl (C=O) groups is 1. The van der Waals surface area contributed by atoms with Crippen molar-refractivity contribution in [2.24, 2.45) is 0 Å². The molecule has 0 bridgehead atoms. The number of hydrogen-bond acceptors (Lipinski definition) is 9. The predicted molar refractivity (Wildman–Crippen MR) is 126 cm³/mol. The van der Waals surface area contributed by atoms with Gasteiger partial charge < -0.3 is 5.32 Å². The Kier molecular flexibility index (Phi) is 7.48. The maximum Gasteiger partial charge on any atom is 0.275 e. The molecule has 0 aliphatic carbocycles. The molecule has 0 spiro atoms. The normalized spacial score (nSPS) is 11.8. The van der Waals surface area contributed by atoms with Crippen LogP contribution in [0.2, 0.25) is 5.02 Å². The molecule has 0 saturated heterocycles. The zero-order valence-corrected chi connectivity index (χ0v) is 20.8. The topological polar surface area (TPSA) is 161 Å². The summed E-state index contributed by atoms with van der Waals surface area (Å²) in [6.07, 6.45) is 1.40. The molecule has 1 amide bonds. The lowest BCUT2D eigenvalue weighted by Crippen LogP contribution is -2.18. The third kappa shape index (κ3) is 6.04. The minimum atomic E-state index is -3.94. The average Bonchev–Trinajstić information content (AvgIpc) is 2.73. The number of amides is 1.